The summed E-state index contributed by atoms with van der Waals surface area (Å²) in [6, 6.07) is 0. The van der Waals surface area contributed by atoms with Gasteiger partial charge in [-0.1, -0.05) is 31.1 Å². The lowest BCUT2D eigenvalue weighted by Gasteiger charge is -2.04. The molecule has 0 saturated carbocycles. The molecule has 6 heterocycles. The number of aliphatic hydroxyl groups is 6. The van der Waals surface area contributed by atoms with Crippen molar-refractivity contribution in [3.8, 4) is 23.7 Å². The zero-order chi connectivity index (χ0) is 72.9. The highest BCUT2D eigenvalue weighted by Gasteiger charge is 2.11. The van der Waals surface area contributed by atoms with Gasteiger partial charge in [-0.2, -0.15) is 90.4 Å². The summed E-state index contributed by atoms with van der Waals surface area (Å²) in [4.78, 5) is 0. The Balaban J connectivity index is -0.000000171. The maximum absolute atomic E-state index is 10.4. The van der Waals surface area contributed by atoms with Gasteiger partial charge in [0.1, 0.15) is 13.2 Å². The Bertz CT molecular complexity index is 3380. The van der Waals surface area contributed by atoms with Crippen LogP contribution < -0.4 is 0 Å². The van der Waals surface area contributed by atoms with Crippen LogP contribution in [0.25, 0.3) is 0 Å². The lowest BCUT2D eigenvalue weighted by molar-refractivity contribution is 0.262. The minimum atomic E-state index is -4.40. The molecular weight excluding hydrogens is 1520 g/mol. The van der Waals surface area contributed by atoms with E-state index in [0.717, 1.165) is 84.7 Å². The molecule has 0 radical (unpaired) electrons. The van der Waals surface area contributed by atoms with Crippen LogP contribution in [0.5, 0.6) is 0 Å². The summed E-state index contributed by atoms with van der Waals surface area (Å²) in [5.74, 6) is 10.7. The van der Waals surface area contributed by atoms with Gasteiger partial charge in [-0.3, -0.25) is 18.2 Å². The van der Waals surface area contributed by atoms with Crippen LogP contribution in [0.15, 0.2) is 64.6 Å². The predicted molar refractivity (Wildman–Crippen MR) is 387 cm³/mol. The molecule has 97 heavy (non-hydrogen) atoms. The Kier molecular flexibility index (Phi) is 59.1. The fourth-order valence-corrected chi connectivity index (χ4v) is 13.7. The summed E-state index contributed by atoms with van der Waals surface area (Å²) in [5, 5.41) is 76.0. The third-order valence-electron chi connectivity index (χ3n) is 11.4. The predicted octanol–water partition coefficient (Wildman–Crippen LogP) is 8.70. The van der Waals surface area contributed by atoms with E-state index in [4.69, 9.17) is 74.8 Å². The van der Waals surface area contributed by atoms with Crippen LogP contribution in [-0.4, -0.2) is 175 Å². The number of rotatable bonds is 32. The maximum Gasteiger partial charge on any atom is 0.425 e. The summed E-state index contributed by atoms with van der Waals surface area (Å²) in [6.45, 7) is 4.55. The van der Waals surface area contributed by atoms with E-state index < -0.39 is 63.6 Å². The van der Waals surface area contributed by atoms with Gasteiger partial charge in [0.05, 0.1) is 48.9 Å². The SMILES string of the molecule is C.Cc1cscc1C.O=S(=O)(O)OCCCc1cscc1CCCOS(=O)(=O)O.O=S(=O)(O)OCCCc1cscc1CCCOS(=O)(=O)O.O=S(=O)=O.O=S([O-])O.OCC#Cc1cscc1C#CCO.OCCCc1cscc1CCCO.OCCCc1cscc1CCCO.[HH].[HH].[HH].[HH].[HH]. The first-order valence-electron chi connectivity index (χ1n) is 28.1. The van der Waals surface area contributed by atoms with E-state index in [1.54, 1.807) is 34.0 Å². The van der Waals surface area contributed by atoms with Crippen molar-refractivity contribution in [2.75, 3.05) is 66.1 Å². The van der Waals surface area contributed by atoms with E-state index in [2.05, 4.69) is 86.5 Å². The van der Waals surface area contributed by atoms with E-state index in [0.29, 0.717) is 51.4 Å². The molecule has 6 rings (SSSR count). The Hall–Kier alpha value is -3.75. The molecule has 0 spiro atoms. The van der Waals surface area contributed by atoms with E-state index >= 15 is 0 Å². The van der Waals surface area contributed by atoms with Crippen LogP contribution >= 0.6 is 68.0 Å². The molecule has 0 aromatic carbocycles. The molecule has 1 atom stereocenters. The van der Waals surface area contributed by atoms with Crippen LogP contribution in [0.2, 0.25) is 0 Å². The Labute approximate surface area is 604 Å². The summed E-state index contributed by atoms with van der Waals surface area (Å²) >= 11 is 6.76. The largest absolute Gasteiger partial charge is 0.750 e. The van der Waals surface area contributed by atoms with Crippen LogP contribution in [-0.2, 0) is 132 Å². The third-order valence-corrected chi connectivity index (χ3v) is 18.4. The van der Waals surface area contributed by atoms with Crippen LogP contribution in [0.1, 0.15) is 133 Å². The molecule has 0 aliphatic carbocycles. The molecule has 0 aliphatic heterocycles. The highest BCUT2D eigenvalue weighted by Crippen LogP contribution is 2.22. The van der Waals surface area contributed by atoms with Crippen LogP contribution in [0.3, 0.4) is 0 Å². The lowest BCUT2D eigenvalue weighted by Crippen LogP contribution is -2.07. The van der Waals surface area contributed by atoms with Gasteiger partial charge < -0.3 is 39.7 Å². The summed E-state index contributed by atoms with van der Waals surface area (Å²) in [7, 11) is -20.7. The van der Waals surface area contributed by atoms with Gasteiger partial charge in [0.2, 0.25) is 0 Å². The molecule has 0 bridgehead atoms. The zero-order valence-corrected chi connectivity index (χ0v) is 61.9. The highest BCUT2D eigenvalue weighted by molar-refractivity contribution is 7.81. The number of aryl methyl sites for hydroxylation is 10. The van der Waals surface area contributed by atoms with Gasteiger partial charge >= 0.3 is 52.2 Å². The second kappa shape index (κ2) is 58.8. The summed E-state index contributed by atoms with van der Waals surface area (Å²) < 4.78 is 183. The second-order valence-corrected chi connectivity index (χ2v) is 28.4. The van der Waals surface area contributed by atoms with Gasteiger partial charge in [0, 0.05) is 44.3 Å². The van der Waals surface area contributed by atoms with Crippen molar-refractivity contribution >= 4 is 132 Å². The first-order chi connectivity index (χ1) is 45.3. The highest BCUT2D eigenvalue weighted by atomic mass is 32.3. The Morgan fingerprint density at radius 2 is 0.557 bits per heavy atom. The van der Waals surface area contributed by atoms with Gasteiger partial charge in [-0.05, 0) is 226 Å². The quantitative estimate of drug-likeness (QED) is 0.00813. The van der Waals surface area contributed by atoms with Crippen molar-refractivity contribution in [3.05, 3.63) is 131 Å². The topological polar surface area (TPSA) is 487 Å². The minimum absolute atomic E-state index is 0. The molecule has 40 heteroatoms. The number of hydrogen-bond acceptors (Lipinski definition) is 29. The maximum atomic E-state index is 10.4. The van der Waals surface area contributed by atoms with Crippen molar-refractivity contribution < 1.29 is 132 Å². The average molecular weight is 1610 g/mol. The van der Waals surface area contributed by atoms with E-state index in [-0.39, 0.29) is 80.6 Å². The molecule has 28 nitrogen and oxygen atoms in total. The summed E-state index contributed by atoms with van der Waals surface area (Å²) in [6.07, 6.45) is 11.2. The molecule has 11 N–H and O–H groups in total. The number of aliphatic hydroxyl groups excluding tert-OH is 6. The lowest BCUT2D eigenvalue weighted by atomic mass is 10.1. The zero-order valence-electron chi connectivity index (χ0n) is 52.1. The average Bonchev–Trinajstić information content (AvgIpc) is 1.80. The van der Waals surface area contributed by atoms with Crippen molar-refractivity contribution in [2.45, 2.75) is 124 Å². The van der Waals surface area contributed by atoms with E-state index in [1.807, 2.05) is 32.3 Å². The van der Waals surface area contributed by atoms with Crippen molar-refractivity contribution in [3.63, 3.8) is 0 Å². The monoisotopic (exact) mass is 1610 g/mol. The fourth-order valence-electron chi connectivity index (χ4n) is 7.12. The van der Waals surface area contributed by atoms with E-state index in [9.17, 15) is 33.7 Å². The molecule has 6 aromatic rings. The number of hydrogen-bond donors (Lipinski definition) is 11. The Morgan fingerprint density at radius 3 is 0.711 bits per heavy atom. The molecule has 1 unspecified atom stereocenters. The number of thiophene rings is 6. The smallest absolute Gasteiger partial charge is 0.425 e. The molecule has 0 amide bonds. The van der Waals surface area contributed by atoms with Crippen molar-refractivity contribution in [1.82, 2.24) is 0 Å². The van der Waals surface area contributed by atoms with Gasteiger partial charge in [-0.25, -0.2) is 20.9 Å². The molecule has 0 saturated heterocycles. The molecular formula is C57H95O28S12-. The van der Waals surface area contributed by atoms with Crippen molar-refractivity contribution in [1.29, 1.82) is 0 Å². The minimum Gasteiger partial charge on any atom is -0.750 e. The van der Waals surface area contributed by atoms with Crippen molar-refractivity contribution in [2.24, 2.45) is 0 Å². The molecule has 0 aliphatic rings. The van der Waals surface area contributed by atoms with E-state index in [1.165, 1.54) is 67.4 Å². The van der Waals surface area contributed by atoms with Crippen LogP contribution in [0.4, 0.5) is 0 Å². The standard InChI is InChI=1S/2C10H16O8S3.2C10H16O2S.C10H8O2S.C6H8S.CH4.H2O3S.O3S.5H2/c2*11-20(12,13)17-5-1-3-9-7-19-8-10(9)4-2-6-18-21(14,15)16;3*11-5-1-3-9-7-13-8-10(9)4-2-6-12;1-5-3-7-4-6(5)2;;2*1-4(2)3;;;;;/h2*7-8H,1-6H2,(H,11,12,13)(H,14,15,16);2*7-8,11-12H,1-6H2;7-8,11-12H,5-6H2;3-4H,1-2H3;1H4;(H2,1,2,3);;5*1H/p-1. The molecule has 564 valence electrons. The van der Waals surface area contributed by atoms with Gasteiger partial charge in [0.15, 0.2) is 0 Å². The van der Waals surface area contributed by atoms with Crippen LogP contribution in [0, 0.1) is 37.5 Å². The first-order valence-corrected chi connectivity index (χ1v) is 41.3. The van der Waals surface area contributed by atoms with Gasteiger partial charge in [-0.15, -0.1) is 24.0 Å². The van der Waals surface area contributed by atoms with Gasteiger partial charge in [0.25, 0.3) is 0 Å². The molecule has 0 fully saturated rings. The summed E-state index contributed by atoms with van der Waals surface area (Å²) in [5.41, 5.74) is 13.8. The fraction of sp³-hybridized carbons (Fsp3) is 0.509. The Morgan fingerprint density at radius 1 is 0.381 bits per heavy atom. The second-order valence-electron chi connectivity index (χ2n) is 18.7. The normalized spacial score (nSPS) is 11.0. The first kappa shape index (κ1) is 97.4. The third kappa shape index (κ3) is 59.6. The molecule has 6 aromatic heterocycles.